The van der Waals surface area contributed by atoms with E-state index in [2.05, 4.69) is 4.98 Å². The third-order valence-corrected chi connectivity index (χ3v) is 2.24. The largest absolute Gasteiger partial charge is 0.478 e. The zero-order valence-electron chi connectivity index (χ0n) is 9.07. The Morgan fingerprint density at radius 1 is 1.38 bits per heavy atom. The summed E-state index contributed by atoms with van der Waals surface area (Å²) < 4.78 is 0. The van der Waals surface area contributed by atoms with Crippen molar-refractivity contribution in [2.24, 2.45) is 5.73 Å². The zero-order chi connectivity index (χ0) is 12.5. The van der Waals surface area contributed by atoms with Crippen LogP contribution in [0.1, 0.15) is 39.0 Å². The monoisotopic (exact) mass is 226 g/mol. The number of carboxylic acid groups (broad SMARTS) is 2. The van der Waals surface area contributed by atoms with Gasteiger partial charge in [-0.3, -0.25) is 0 Å². The molecule has 16 heavy (non-hydrogen) atoms. The summed E-state index contributed by atoms with van der Waals surface area (Å²) in [6, 6.07) is -0.300. The first-order chi connectivity index (χ1) is 7.34. The minimum absolute atomic E-state index is 0.00898. The third kappa shape index (κ3) is 2.22. The molecule has 1 atom stereocenters. The van der Waals surface area contributed by atoms with Crippen molar-refractivity contribution in [2.45, 2.75) is 26.3 Å². The van der Waals surface area contributed by atoms with Gasteiger partial charge in [0, 0.05) is 17.3 Å². The Kier molecular flexibility index (Phi) is 3.34. The number of hydrogen-bond acceptors (Lipinski definition) is 3. The summed E-state index contributed by atoms with van der Waals surface area (Å²) in [5, 5.41) is 17.9. The number of aryl methyl sites for hydroxylation is 1. The van der Waals surface area contributed by atoms with Crippen molar-refractivity contribution >= 4 is 11.9 Å². The van der Waals surface area contributed by atoms with Crippen molar-refractivity contribution < 1.29 is 19.8 Å². The number of aromatic amines is 1. The molecule has 0 spiro atoms. The summed E-state index contributed by atoms with van der Waals surface area (Å²) in [5.41, 5.74) is 6.08. The van der Waals surface area contributed by atoms with Crippen LogP contribution in [-0.2, 0) is 6.42 Å². The maximum Gasteiger partial charge on any atom is 0.352 e. The number of carboxylic acids is 2. The van der Waals surface area contributed by atoms with Crippen LogP contribution in [0.3, 0.4) is 0 Å². The molecule has 88 valence electrons. The number of nitrogens with one attached hydrogen (secondary N) is 1. The molecule has 6 nitrogen and oxygen atoms in total. The van der Waals surface area contributed by atoms with Gasteiger partial charge < -0.3 is 20.9 Å². The molecule has 5 N–H and O–H groups in total. The Balaban J connectivity index is 3.36. The van der Waals surface area contributed by atoms with E-state index in [1.165, 1.54) is 6.92 Å². The van der Waals surface area contributed by atoms with Gasteiger partial charge in [0.1, 0.15) is 5.69 Å². The average molecular weight is 226 g/mol. The second-order valence-corrected chi connectivity index (χ2v) is 3.77. The van der Waals surface area contributed by atoms with Crippen LogP contribution in [0.2, 0.25) is 0 Å². The first kappa shape index (κ1) is 12.3. The highest BCUT2D eigenvalue weighted by Crippen LogP contribution is 2.20. The molecule has 0 unspecified atom stereocenters. The predicted octanol–water partition coefficient (Wildman–Crippen LogP) is 0.609. The average Bonchev–Trinajstić information content (AvgIpc) is 2.41. The van der Waals surface area contributed by atoms with Crippen LogP contribution in [0.5, 0.6) is 0 Å². The fourth-order valence-electron chi connectivity index (χ4n) is 1.67. The summed E-state index contributed by atoms with van der Waals surface area (Å²) in [6.07, 6.45) is 0.216. The standard InChI is InChI=1S/C10H14N2O4/c1-4(11)3-6-7(9(13)14)5(2)12-8(6)10(15)16/h4,12H,3,11H2,1-2H3,(H,13,14)(H,15,16)/t4-/m0/s1. The lowest BCUT2D eigenvalue weighted by Crippen LogP contribution is -2.20. The number of H-pyrrole nitrogens is 1. The number of aromatic nitrogens is 1. The second kappa shape index (κ2) is 4.36. The van der Waals surface area contributed by atoms with Gasteiger partial charge in [-0.1, -0.05) is 0 Å². The molecule has 1 aromatic rings. The molecular formula is C10H14N2O4. The van der Waals surface area contributed by atoms with Crippen molar-refractivity contribution in [1.82, 2.24) is 4.98 Å². The van der Waals surface area contributed by atoms with E-state index in [4.69, 9.17) is 15.9 Å². The smallest absolute Gasteiger partial charge is 0.352 e. The highest BCUT2D eigenvalue weighted by molar-refractivity contribution is 5.97. The molecule has 0 aliphatic rings. The summed E-state index contributed by atoms with van der Waals surface area (Å²) in [5.74, 6) is -2.32. The summed E-state index contributed by atoms with van der Waals surface area (Å²) in [7, 11) is 0. The van der Waals surface area contributed by atoms with E-state index in [-0.39, 0.29) is 29.3 Å². The fraction of sp³-hybridized carbons (Fsp3) is 0.400. The second-order valence-electron chi connectivity index (χ2n) is 3.77. The van der Waals surface area contributed by atoms with Gasteiger partial charge in [0.05, 0.1) is 5.56 Å². The molecule has 0 aliphatic carbocycles. The minimum atomic E-state index is -1.17. The molecule has 0 saturated carbocycles. The van der Waals surface area contributed by atoms with E-state index in [0.29, 0.717) is 5.69 Å². The topological polar surface area (TPSA) is 116 Å². The Morgan fingerprint density at radius 3 is 2.31 bits per heavy atom. The van der Waals surface area contributed by atoms with Gasteiger partial charge in [0.15, 0.2) is 0 Å². The lowest BCUT2D eigenvalue weighted by atomic mass is 10.0. The van der Waals surface area contributed by atoms with Crippen molar-refractivity contribution in [3.05, 3.63) is 22.5 Å². The van der Waals surface area contributed by atoms with Gasteiger partial charge in [-0.2, -0.15) is 0 Å². The SMILES string of the molecule is Cc1[nH]c(C(=O)O)c(C[C@H](C)N)c1C(=O)O. The van der Waals surface area contributed by atoms with Gasteiger partial charge in [0.25, 0.3) is 0 Å². The summed E-state index contributed by atoms with van der Waals surface area (Å²) in [4.78, 5) is 24.5. The van der Waals surface area contributed by atoms with Crippen LogP contribution in [0.4, 0.5) is 0 Å². The summed E-state index contributed by atoms with van der Waals surface area (Å²) in [6.45, 7) is 3.22. The van der Waals surface area contributed by atoms with Gasteiger partial charge in [-0.15, -0.1) is 0 Å². The van der Waals surface area contributed by atoms with E-state index >= 15 is 0 Å². The molecule has 0 aromatic carbocycles. The molecule has 0 aliphatic heterocycles. The number of nitrogens with two attached hydrogens (primary N) is 1. The highest BCUT2D eigenvalue weighted by Gasteiger charge is 2.24. The summed E-state index contributed by atoms with van der Waals surface area (Å²) >= 11 is 0. The lowest BCUT2D eigenvalue weighted by Gasteiger charge is -2.06. The third-order valence-electron chi connectivity index (χ3n) is 2.24. The molecule has 0 saturated heterocycles. The van der Waals surface area contributed by atoms with Crippen molar-refractivity contribution in [2.75, 3.05) is 0 Å². The van der Waals surface area contributed by atoms with Gasteiger partial charge >= 0.3 is 11.9 Å². The normalized spacial score (nSPS) is 12.4. The first-order valence-corrected chi connectivity index (χ1v) is 4.78. The molecule has 1 aromatic heterocycles. The van der Waals surface area contributed by atoms with E-state index in [0.717, 1.165) is 0 Å². The number of rotatable bonds is 4. The fourth-order valence-corrected chi connectivity index (χ4v) is 1.67. The van der Waals surface area contributed by atoms with Crippen LogP contribution < -0.4 is 5.73 Å². The van der Waals surface area contributed by atoms with Crippen LogP contribution >= 0.6 is 0 Å². The molecule has 0 fully saturated rings. The predicted molar refractivity (Wildman–Crippen MR) is 56.8 cm³/mol. The molecule has 1 heterocycles. The highest BCUT2D eigenvalue weighted by atomic mass is 16.4. The lowest BCUT2D eigenvalue weighted by molar-refractivity contribution is 0.0687. The van der Waals surface area contributed by atoms with Crippen molar-refractivity contribution in [1.29, 1.82) is 0 Å². The van der Waals surface area contributed by atoms with Crippen LogP contribution in [-0.4, -0.2) is 33.2 Å². The van der Waals surface area contributed by atoms with Gasteiger partial charge in [-0.25, -0.2) is 9.59 Å². The Labute approximate surface area is 92.1 Å². The zero-order valence-corrected chi connectivity index (χ0v) is 9.07. The van der Waals surface area contributed by atoms with Gasteiger partial charge in [-0.05, 0) is 20.3 Å². The molecule has 6 heteroatoms. The van der Waals surface area contributed by atoms with Crippen LogP contribution in [0, 0.1) is 6.92 Å². The van der Waals surface area contributed by atoms with Gasteiger partial charge in [0.2, 0.25) is 0 Å². The molecule has 1 rings (SSSR count). The Bertz CT molecular complexity index is 434. The maximum atomic E-state index is 11.0. The first-order valence-electron chi connectivity index (χ1n) is 4.78. The molecule has 0 amide bonds. The van der Waals surface area contributed by atoms with E-state index in [1.807, 2.05) is 0 Å². The number of carbonyl (C=O) groups is 2. The number of aromatic carboxylic acids is 2. The minimum Gasteiger partial charge on any atom is -0.478 e. The maximum absolute atomic E-state index is 11.0. The van der Waals surface area contributed by atoms with Crippen molar-refractivity contribution in [3.63, 3.8) is 0 Å². The quantitative estimate of drug-likeness (QED) is 0.600. The Morgan fingerprint density at radius 2 is 1.94 bits per heavy atom. The van der Waals surface area contributed by atoms with E-state index in [9.17, 15) is 9.59 Å². The van der Waals surface area contributed by atoms with E-state index in [1.54, 1.807) is 6.92 Å². The molecule has 0 bridgehead atoms. The van der Waals surface area contributed by atoms with E-state index < -0.39 is 11.9 Å². The Hall–Kier alpha value is -1.82. The van der Waals surface area contributed by atoms with Crippen molar-refractivity contribution in [3.8, 4) is 0 Å². The van der Waals surface area contributed by atoms with Crippen LogP contribution in [0.15, 0.2) is 0 Å². The molecular weight excluding hydrogens is 212 g/mol. The van der Waals surface area contributed by atoms with Crippen LogP contribution in [0.25, 0.3) is 0 Å². The molecule has 0 radical (unpaired) electrons. The number of hydrogen-bond donors (Lipinski definition) is 4.